The second kappa shape index (κ2) is 7.20. The van der Waals surface area contributed by atoms with Gasteiger partial charge in [-0.05, 0) is 43.7 Å². The lowest BCUT2D eigenvalue weighted by molar-refractivity contribution is -0.128. The molecule has 8 heteroatoms. The van der Waals surface area contributed by atoms with Crippen molar-refractivity contribution in [1.82, 2.24) is 4.31 Å². The molecule has 0 radical (unpaired) electrons. The van der Waals surface area contributed by atoms with E-state index in [0.29, 0.717) is 9.99 Å². The molecule has 0 unspecified atom stereocenters. The van der Waals surface area contributed by atoms with Crippen molar-refractivity contribution in [3.8, 4) is 0 Å². The Morgan fingerprint density at radius 2 is 1.88 bits per heavy atom. The van der Waals surface area contributed by atoms with E-state index in [1.807, 2.05) is 13.0 Å². The van der Waals surface area contributed by atoms with Gasteiger partial charge in [0.1, 0.15) is 6.04 Å². The van der Waals surface area contributed by atoms with Crippen LogP contribution in [0.5, 0.6) is 0 Å². The maximum absolute atomic E-state index is 12.9. The number of rotatable bonds is 4. The van der Waals surface area contributed by atoms with E-state index in [-0.39, 0.29) is 17.7 Å². The molecular weight excluding hydrogens is 420 g/mol. The number of halogens is 1. The molecule has 1 fully saturated rings. The van der Waals surface area contributed by atoms with Crippen LogP contribution in [0.4, 0.5) is 5.69 Å². The minimum Gasteiger partial charge on any atom is -0.324 e. The van der Waals surface area contributed by atoms with E-state index >= 15 is 0 Å². The summed E-state index contributed by atoms with van der Waals surface area (Å²) in [5, 5.41) is 2.68. The van der Waals surface area contributed by atoms with Crippen LogP contribution in [-0.4, -0.2) is 30.6 Å². The van der Waals surface area contributed by atoms with Gasteiger partial charge in [-0.15, -0.1) is 0 Å². The van der Waals surface area contributed by atoms with Gasteiger partial charge in [0.25, 0.3) is 10.0 Å². The summed E-state index contributed by atoms with van der Waals surface area (Å²) in [4.78, 5) is 24.9. The van der Waals surface area contributed by atoms with E-state index in [1.165, 1.54) is 12.1 Å². The van der Waals surface area contributed by atoms with E-state index in [4.69, 9.17) is 0 Å². The molecule has 6 nitrogen and oxygen atoms in total. The lowest BCUT2D eigenvalue weighted by Gasteiger charge is -2.23. The van der Waals surface area contributed by atoms with E-state index in [1.54, 1.807) is 30.3 Å². The van der Waals surface area contributed by atoms with Gasteiger partial charge in [0.05, 0.1) is 4.90 Å². The molecule has 26 heavy (non-hydrogen) atoms. The highest BCUT2D eigenvalue weighted by molar-refractivity contribution is 9.10. The Bertz CT molecular complexity index is 957. The zero-order valence-electron chi connectivity index (χ0n) is 14.0. The van der Waals surface area contributed by atoms with Crippen LogP contribution in [0.15, 0.2) is 57.9 Å². The number of nitrogens with zero attached hydrogens (tertiary/aromatic N) is 1. The van der Waals surface area contributed by atoms with Crippen LogP contribution in [0, 0.1) is 6.92 Å². The van der Waals surface area contributed by atoms with E-state index < -0.39 is 27.9 Å². The highest BCUT2D eigenvalue weighted by Gasteiger charge is 2.44. The molecule has 0 saturated carbocycles. The van der Waals surface area contributed by atoms with Crippen LogP contribution in [-0.2, 0) is 19.6 Å². The maximum Gasteiger partial charge on any atom is 0.267 e. The van der Waals surface area contributed by atoms with Crippen molar-refractivity contribution in [2.45, 2.75) is 30.7 Å². The molecule has 2 amide bonds. The molecule has 0 bridgehead atoms. The number of sulfonamides is 1. The largest absolute Gasteiger partial charge is 0.324 e. The van der Waals surface area contributed by atoms with Crippen molar-refractivity contribution in [2.75, 3.05) is 5.32 Å². The number of hydrogen-bond donors (Lipinski definition) is 1. The highest BCUT2D eigenvalue weighted by Crippen LogP contribution is 2.28. The predicted octanol–water partition coefficient (Wildman–Crippen LogP) is 3.08. The monoisotopic (exact) mass is 436 g/mol. The summed E-state index contributed by atoms with van der Waals surface area (Å²) in [6, 6.07) is 12.1. The van der Waals surface area contributed by atoms with E-state index in [9.17, 15) is 18.0 Å². The molecule has 2 aromatic rings. The molecule has 1 aliphatic heterocycles. The van der Waals surface area contributed by atoms with Crippen molar-refractivity contribution in [2.24, 2.45) is 0 Å². The van der Waals surface area contributed by atoms with Gasteiger partial charge in [-0.1, -0.05) is 39.7 Å². The average molecular weight is 437 g/mol. The summed E-state index contributed by atoms with van der Waals surface area (Å²) in [5.74, 6) is -1.09. The van der Waals surface area contributed by atoms with Crippen molar-refractivity contribution in [3.05, 3.63) is 58.6 Å². The number of anilines is 1. The van der Waals surface area contributed by atoms with Gasteiger partial charge in [0.2, 0.25) is 11.8 Å². The smallest absolute Gasteiger partial charge is 0.267 e. The van der Waals surface area contributed by atoms with Crippen LogP contribution in [0.3, 0.4) is 0 Å². The number of carbonyl (C=O) groups excluding carboxylic acids is 2. The van der Waals surface area contributed by atoms with Gasteiger partial charge in [-0.2, -0.15) is 0 Å². The lowest BCUT2D eigenvalue weighted by atomic mass is 10.2. The lowest BCUT2D eigenvalue weighted by Crippen LogP contribution is -2.45. The van der Waals surface area contributed by atoms with Crippen LogP contribution in [0.25, 0.3) is 0 Å². The van der Waals surface area contributed by atoms with Crippen LogP contribution >= 0.6 is 15.9 Å². The maximum atomic E-state index is 12.9. The quantitative estimate of drug-likeness (QED) is 0.797. The summed E-state index contributed by atoms with van der Waals surface area (Å²) >= 11 is 3.31. The van der Waals surface area contributed by atoms with Crippen molar-refractivity contribution in [3.63, 3.8) is 0 Å². The van der Waals surface area contributed by atoms with Crippen LogP contribution < -0.4 is 5.32 Å². The normalized spacial score (nSPS) is 17.4. The molecule has 1 aliphatic rings. The molecule has 3 rings (SSSR count). The number of carbonyl (C=O) groups is 2. The van der Waals surface area contributed by atoms with E-state index in [0.717, 1.165) is 10.0 Å². The molecule has 0 aliphatic carbocycles. The first kappa shape index (κ1) is 18.6. The molecule has 0 spiro atoms. The molecule has 136 valence electrons. The topological polar surface area (TPSA) is 83.6 Å². The summed E-state index contributed by atoms with van der Waals surface area (Å²) in [7, 11) is -4.09. The summed E-state index contributed by atoms with van der Waals surface area (Å²) in [5.41, 5.74) is 1.43. The molecule has 1 atom stereocenters. The standard InChI is InChI=1S/C18H17BrN2O4S/c1-12-5-7-15(8-6-12)26(24,25)21-16(9-10-17(21)22)18(23)20-14-4-2-3-13(19)11-14/h2-8,11,16H,9-10H2,1H3,(H,20,23)/t16-/m1/s1. The number of aryl methyl sites for hydroxylation is 1. The Morgan fingerprint density at radius 3 is 2.54 bits per heavy atom. The van der Waals surface area contributed by atoms with Gasteiger partial charge in [0, 0.05) is 16.6 Å². The second-order valence-electron chi connectivity index (χ2n) is 6.06. The number of amides is 2. The SMILES string of the molecule is Cc1ccc(S(=O)(=O)N2C(=O)CC[C@@H]2C(=O)Nc2cccc(Br)c2)cc1. The van der Waals surface area contributed by atoms with Crippen molar-refractivity contribution >= 4 is 43.5 Å². The fraction of sp³-hybridized carbons (Fsp3) is 0.222. The Balaban J connectivity index is 1.88. The molecular formula is C18H17BrN2O4S. The molecule has 1 saturated heterocycles. The molecule has 2 aromatic carbocycles. The zero-order chi connectivity index (χ0) is 18.9. The summed E-state index contributed by atoms with van der Waals surface area (Å²) in [6.45, 7) is 1.84. The molecule has 0 aromatic heterocycles. The fourth-order valence-corrected chi connectivity index (χ4v) is 4.82. The zero-order valence-corrected chi connectivity index (χ0v) is 16.4. The average Bonchev–Trinajstić information content (AvgIpc) is 2.98. The second-order valence-corrected chi connectivity index (χ2v) is 8.79. The third-order valence-electron chi connectivity index (χ3n) is 4.13. The van der Waals surface area contributed by atoms with Gasteiger partial charge >= 0.3 is 0 Å². The number of hydrogen-bond acceptors (Lipinski definition) is 4. The summed E-state index contributed by atoms with van der Waals surface area (Å²) in [6.07, 6.45) is 0.172. The third-order valence-corrected chi connectivity index (χ3v) is 6.47. The Kier molecular flexibility index (Phi) is 5.15. The number of benzene rings is 2. The van der Waals surface area contributed by atoms with Gasteiger partial charge in [-0.3, -0.25) is 9.59 Å². The third kappa shape index (κ3) is 3.66. The van der Waals surface area contributed by atoms with Gasteiger partial charge in [-0.25, -0.2) is 12.7 Å². The minimum atomic E-state index is -4.09. The van der Waals surface area contributed by atoms with Crippen LogP contribution in [0.1, 0.15) is 18.4 Å². The first-order chi connectivity index (χ1) is 12.3. The van der Waals surface area contributed by atoms with Crippen LogP contribution in [0.2, 0.25) is 0 Å². The predicted molar refractivity (Wildman–Crippen MR) is 101 cm³/mol. The first-order valence-corrected chi connectivity index (χ1v) is 10.2. The Labute approximate surface area is 160 Å². The van der Waals surface area contributed by atoms with Gasteiger partial charge < -0.3 is 5.32 Å². The van der Waals surface area contributed by atoms with E-state index in [2.05, 4.69) is 21.2 Å². The Hall–Kier alpha value is -2.19. The fourth-order valence-electron chi connectivity index (χ4n) is 2.82. The van der Waals surface area contributed by atoms with Crippen molar-refractivity contribution in [1.29, 1.82) is 0 Å². The minimum absolute atomic E-state index is 0.00129. The molecule has 1 N–H and O–H groups in total. The highest BCUT2D eigenvalue weighted by atomic mass is 79.9. The number of nitrogens with one attached hydrogen (secondary N) is 1. The Morgan fingerprint density at radius 1 is 1.19 bits per heavy atom. The first-order valence-electron chi connectivity index (χ1n) is 7.99. The van der Waals surface area contributed by atoms with Gasteiger partial charge in [0.15, 0.2) is 0 Å². The molecule has 1 heterocycles. The summed E-state index contributed by atoms with van der Waals surface area (Å²) < 4.78 is 27.3. The van der Waals surface area contributed by atoms with Crippen molar-refractivity contribution < 1.29 is 18.0 Å².